The first-order valence-corrected chi connectivity index (χ1v) is 13.4. The van der Waals surface area contributed by atoms with Crippen molar-refractivity contribution in [2.45, 2.75) is 72.1 Å². The summed E-state index contributed by atoms with van der Waals surface area (Å²) in [5.74, 6) is 1.65. The Labute approximate surface area is 205 Å². The number of benzene rings is 3. The van der Waals surface area contributed by atoms with E-state index in [1.165, 1.54) is 39.2 Å². The van der Waals surface area contributed by atoms with E-state index in [1.807, 2.05) is 0 Å². The molecule has 0 N–H and O–H groups in total. The van der Waals surface area contributed by atoms with E-state index in [2.05, 4.69) is 87.7 Å². The van der Waals surface area contributed by atoms with Crippen LogP contribution in [0.15, 0.2) is 36.4 Å². The van der Waals surface area contributed by atoms with Crippen molar-refractivity contribution in [3.63, 3.8) is 0 Å². The maximum atomic E-state index is 2.68. The quantitative estimate of drug-likeness (QED) is 0.484. The molecule has 7 rings (SSSR count). The molecule has 2 nitrogen and oxygen atoms in total. The van der Waals surface area contributed by atoms with E-state index in [4.69, 9.17) is 0 Å². The van der Waals surface area contributed by atoms with E-state index < -0.39 is 0 Å². The Kier molecular flexibility index (Phi) is 4.22. The Morgan fingerprint density at radius 2 is 1.12 bits per heavy atom. The summed E-state index contributed by atoms with van der Waals surface area (Å²) in [4.78, 5) is 5.37. The van der Waals surface area contributed by atoms with Crippen LogP contribution in [0, 0.1) is 0 Å². The van der Waals surface area contributed by atoms with Crippen LogP contribution < -0.4 is 26.2 Å². The monoisotopic (exact) mass is 446 g/mol. The summed E-state index contributed by atoms with van der Waals surface area (Å²) in [5, 5.41) is 0. The Morgan fingerprint density at radius 3 is 1.53 bits per heavy atom. The van der Waals surface area contributed by atoms with Crippen LogP contribution >= 0.6 is 0 Å². The number of hydrogen-bond donors (Lipinski definition) is 0. The van der Waals surface area contributed by atoms with Gasteiger partial charge in [-0.25, -0.2) is 0 Å². The topological polar surface area (TPSA) is 6.48 Å². The molecule has 0 saturated heterocycles. The average Bonchev–Trinajstić information content (AvgIpc) is 3.44. The molecular weight excluding hydrogens is 411 g/mol. The van der Waals surface area contributed by atoms with Gasteiger partial charge in [-0.1, -0.05) is 65.8 Å². The zero-order valence-corrected chi connectivity index (χ0v) is 21.5. The fourth-order valence-corrected chi connectivity index (χ4v) is 7.40. The van der Waals surface area contributed by atoms with Gasteiger partial charge in [-0.05, 0) is 86.9 Å². The molecule has 0 saturated carbocycles. The predicted molar refractivity (Wildman–Crippen MR) is 148 cm³/mol. The van der Waals surface area contributed by atoms with Crippen molar-refractivity contribution in [2.75, 3.05) is 22.9 Å². The van der Waals surface area contributed by atoms with Gasteiger partial charge in [0.15, 0.2) is 0 Å². The number of fused-ring (bicyclic) bond motifs is 4. The highest BCUT2D eigenvalue weighted by Gasteiger charge is 2.47. The second kappa shape index (κ2) is 6.93. The molecule has 0 aliphatic carbocycles. The Morgan fingerprint density at radius 1 is 0.647 bits per heavy atom. The van der Waals surface area contributed by atoms with Crippen molar-refractivity contribution in [2.24, 2.45) is 0 Å². The Bertz CT molecular complexity index is 1270. The van der Waals surface area contributed by atoms with Gasteiger partial charge in [0, 0.05) is 35.8 Å². The third-order valence-electron chi connectivity index (χ3n) is 8.97. The minimum absolute atomic E-state index is 0.347. The van der Waals surface area contributed by atoms with Crippen LogP contribution in [0.3, 0.4) is 0 Å². The largest absolute Gasteiger partial charge is 0.342 e. The van der Waals surface area contributed by atoms with Gasteiger partial charge in [-0.3, -0.25) is 0 Å². The molecule has 34 heavy (non-hydrogen) atoms. The summed E-state index contributed by atoms with van der Waals surface area (Å²) in [6.45, 7) is 16.7. The summed E-state index contributed by atoms with van der Waals surface area (Å²) in [6.07, 6.45) is 2.33. The van der Waals surface area contributed by atoms with E-state index in [9.17, 15) is 0 Å². The number of nitrogens with zero attached hydrogens (tertiary/aromatic N) is 2. The molecule has 4 aliphatic heterocycles. The highest BCUT2D eigenvalue weighted by atomic mass is 15.2. The lowest BCUT2D eigenvalue weighted by Crippen LogP contribution is -2.61. The molecule has 4 aliphatic rings. The van der Waals surface area contributed by atoms with E-state index >= 15 is 0 Å². The number of hydrogen-bond acceptors (Lipinski definition) is 2. The summed E-state index contributed by atoms with van der Waals surface area (Å²) < 4.78 is 0. The molecular formula is C31H35BN2. The highest BCUT2D eigenvalue weighted by molar-refractivity contribution is 7.00. The lowest BCUT2D eigenvalue weighted by atomic mass is 9.33. The van der Waals surface area contributed by atoms with Crippen LogP contribution in [0.4, 0.5) is 22.7 Å². The molecule has 4 heterocycles. The minimum Gasteiger partial charge on any atom is -0.342 e. The smallest absolute Gasteiger partial charge is 0.252 e. The second-order valence-corrected chi connectivity index (χ2v) is 11.8. The van der Waals surface area contributed by atoms with Gasteiger partial charge < -0.3 is 9.80 Å². The molecule has 0 fully saturated rings. The zero-order chi connectivity index (χ0) is 23.5. The van der Waals surface area contributed by atoms with Crippen molar-refractivity contribution in [3.05, 3.63) is 64.2 Å². The summed E-state index contributed by atoms with van der Waals surface area (Å²) in [6, 6.07) is 14.9. The van der Waals surface area contributed by atoms with Gasteiger partial charge in [-0.2, -0.15) is 0 Å². The number of anilines is 4. The minimum atomic E-state index is 0.347. The van der Waals surface area contributed by atoms with Crippen LogP contribution in [0.2, 0.25) is 0 Å². The standard InChI is InChI=1S/C31H35BN2/c1-17(2)20-15-27-29-28(16-20)34-14-12-24-22(19(5)6)8-10-26(31(24)34)32(29)25-9-7-21(18(3)4)23-11-13-33(27)30(23)25/h7-10,15-19H,11-14H2,1-6H3. The molecule has 0 spiro atoms. The van der Waals surface area contributed by atoms with Crippen LogP contribution in [-0.4, -0.2) is 19.8 Å². The fourth-order valence-electron chi connectivity index (χ4n) is 7.40. The molecule has 0 unspecified atom stereocenters. The Hall–Kier alpha value is -2.68. The lowest BCUT2D eigenvalue weighted by molar-refractivity contribution is 0.848. The Balaban J connectivity index is 1.58. The van der Waals surface area contributed by atoms with E-state index in [1.54, 1.807) is 27.7 Å². The van der Waals surface area contributed by atoms with E-state index in [0.717, 1.165) is 25.9 Å². The van der Waals surface area contributed by atoms with Gasteiger partial charge in [0.25, 0.3) is 6.71 Å². The molecule has 0 atom stereocenters. The first kappa shape index (κ1) is 20.7. The fraction of sp³-hybridized carbons (Fsp3) is 0.419. The van der Waals surface area contributed by atoms with Crippen molar-refractivity contribution >= 4 is 45.9 Å². The predicted octanol–water partition coefficient (Wildman–Crippen LogP) is 5.59. The van der Waals surface area contributed by atoms with Crippen LogP contribution in [0.25, 0.3) is 0 Å². The molecule has 3 heteroatoms. The van der Waals surface area contributed by atoms with Crippen LogP contribution in [0.5, 0.6) is 0 Å². The van der Waals surface area contributed by atoms with Crippen molar-refractivity contribution in [3.8, 4) is 0 Å². The molecule has 0 aromatic heterocycles. The molecule has 0 amide bonds. The third kappa shape index (κ3) is 2.48. The van der Waals surface area contributed by atoms with Crippen LogP contribution in [-0.2, 0) is 12.8 Å². The summed E-state index contributed by atoms with van der Waals surface area (Å²) in [7, 11) is 0. The van der Waals surface area contributed by atoms with E-state index in [0.29, 0.717) is 24.5 Å². The van der Waals surface area contributed by atoms with Gasteiger partial charge in [0.1, 0.15) is 0 Å². The normalized spacial score (nSPS) is 16.7. The van der Waals surface area contributed by atoms with Crippen molar-refractivity contribution in [1.82, 2.24) is 0 Å². The van der Waals surface area contributed by atoms with E-state index in [-0.39, 0.29) is 0 Å². The highest BCUT2D eigenvalue weighted by Crippen LogP contribution is 2.47. The van der Waals surface area contributed by atoms with Gasteiger partial charge >= 0.3 is 0 Å². The van der Waals surface area contributed by atoms with Gasteiger partial charge in [0.2, 0.25) is 0 Å². The molecule has 172 valence electrons. The van der Waals surface area contributed by atoms with Gasteiger partial charge in [0.05, 0.1) is 0 Å². The third-order valence-corrected chi connectivity index (χ3v) is 8.97. The maximum Gasteiger partial charge on any atom is 0.252 e. The first-order valence-electron chi connectivity index (χ1n) is 13.4. The summed E-state index contributed by atoms with van der Waals surface area (Å²) >= 11 is 0. The zero-order valence-electron chi connectivity index (χ0n) is 21.5. The maximum absolute atomic E-state index is 2.68. The summed E-state index contributed by atoms with van der Waals surface area (Å²) in [5.41, 5.74) is 18.4. The number of rotatable bonds is 3. The average molecular weight is 446 g/mol. The lowest BCUT2D eigenvalue weighted by Gasteiger charge is -2.42. The molecule has 3 aromatic rings. The second-order valence-electron chi connectivity index (χ2n) is 11.8. The first-order chi connectivity index (χ1) is 16.4. The van der Waals surface area contributed by atoms with Crippen molar-refractivity contribution in [1.29, 1.82) is 0 Å². The SMILES string of the molecule is CC(C)c1cc2c3c(c1)N1CCc4c(C(C)C)ccc(c41)B3c1ccc(C(C)C)c3c1N2CC3. The van der Waals surface area contributed by atoms with Gasteiger partial charge in [-0.15, -0.1) is 0 Å². The van der Waals surface area contributed by atoms with Crippen molar-refractivity contribution < 1.29 is 0 Å². The molecule has 0 radical (unpaired) electrons. The molecule has 0 bridgehead atoms. The van der Waals surface area contributed by atoms with Crippen LogP contribution in [0.1, 0.15) is 87.1 Å². The molecule has 3 aromatic carbocycles.